The molecule has 1 amide bonds. The van der Waals surface area contributed by atoms with Crippen molar-refractivity contribution in [2.45, 2.75) is 18.1 Å². The molecule has 0 saturated carbocycles. The maximum atomic E-state index is 12.0. The van der Waals surface area contributed by atoms with Gasteiger partial charge in [0.15, 0.2) is 12.1 Å². The van der Waals surface area contributed by atoms with Gasteiger partial charge in [-0.3, -0.25) is 4.79 Å². The Hall–Kier alpha value is -2.36. The highest BCUT2D eigenvalue weighted by molar-refractivity contribution is 5.97. The quantitative estimate of drug-likeness (QED) is 0.834. The summed E-state index contributed by atoms with van der Waals surface area (Å²) >= 11 is 0. The van der Waals surface area contributed by atoms with Crippen LogP contribution in [0.25, 0.3) is 0 Å². The van der Waals surface area contributed by atoms with Crippen LogP contribution < -0.4 is 10.1 Å². The number of hydrogen-bond acceptors (Lipinski definition) is 5. The normalized spacial score (nSPS) is 21.0. The summed E-state index contributed by atoms with van der Waals surface area (Å²) < 4.78 is 45.4. The van der Waals surface area contributed by atoms with Crippen molar-refractivity contribution in [2.24, 2.45) is 0 Å². The number of ether oxygens (including phenoxy) is 2. The number of carboxylic acid groups (broad SMARTS) is 1. The lowest BCUT2D eigenvalue weighted by atomic mass is 9.98. The van der Waals surface area contributed by atoms with E-state index < -0.39 is 30.2 Å². The molecule has 0 aromatic carbocycles. The molecule has 2 rings (SSSR count). The summed E-state index contributed by atoms with van der Waals surface area (Å²) in [4.78, 5) is 26.9. The number of carbonyl (C=O) groups is 2. The second-order valence-corrected chi connectivity index (χ2v) is 4.93. The fourth-order valence-electron chi connectivity index (χ4n) is 1.93. The summed E-state index contributed by atoms with van der Waals surface area (Å²) in [5.41, 5.74) is -1.51. The highest BCUT2D eigenvalue weighted by Crippen LogP contribution is 2.20. The number of pyridine rings is 1. The van der Waals surface area contributed by atoms with Crippen molar-refractivity contribution < 1.29 is 37.3 Å². The molecule has 1 aromatic rings. The topological polar surface area (TPSA) is 97.8 Å². The first-order chi connectivity index (χ1) is 10.7. The molecule has 1 aromatic heterocycles. The fraction of sp³-hybridized carbons (Fsp3) is 0.462. The number of aliphatic carboxylic acids is 1. The van der Waals surface area contributed by atoms with E-state index in [4.69, 9.17) is 4.74 Å². The van der Waals surface area contributed by atoms with E-state index in [1.807, 2.05) is 0 Å². The predicted molar refractivity (Wildman–Crippen MR) is 69.1 cm³/mol. The van der Waals surface area contributed by atoms with Crippen molar-refractivity contribution in [2.75, 3.05) is 19.8 Å². The Labute approximate surface area is 128 Å². The maximum absolute atomic E-state index is 12.0. The molecule has 2 heterocycles. The van der Waals surface area contributed by atoms with Gasteiger partial charge in [-0.25, -0.2) is 9.78 Å². The number of hydrogen-bond donors (Lipinski definition) is 2. The van der Waals surface area contributed by atoms with Gasteiger partial charge in [-0.05, 0) is 6.07 Å². The van der Waals surface area contributed by atoms with Crippen molar-refractivity contribution in [3.05, 3.63) is 23.9 Å². The molecule has 1 atom stereocenters. The largest absolute Gasteiger partial charge is 0.479 e. The van der Waals surface area contributed by atoms with E-state index in [2.05, 4.69) is 15.0 Å². The molecule has 1 aliphatic rings. The van der Waals surface area contributed by atoms with Crippen molar-refractivity contribution in [1.29, 1.82) is 0 Å². The van der Waals surface area contributed by atoms with E-state index in [9.17, 15) is 27.9 Å². The van der Waals surface area contributed by atoms with Gasteiger partial charge in [0.05, 0.1) is 12.2 Å². The number of carboxylic acids is 1. The van der Waals surface area contributed by atoms with Crippen molar-refractivity contribution in [3.63, 3.8) is 0 Å². The van der Waals surface area contributed by atoms with Crippen molar-refractivity contribution in [1.82, 2.24) is 10.3 Å². The van der Waals surface area contributed by atoms with Crippen LogP contribution in [0.2, 0.25) is 0 Å². The van der Waals surface area contributed by atoms with Gasteiger partial charge in [0.25, 0.3) is 5.91 Å². The van der Waals surface area contributed by atoms with Gasteiger partial charge < -0.3 is 19.9 Å². The summed E-state index contributed by atoms with van der Waals surface area (Å²) in [6, 6.07) is 2.29. The molecule has 126 valence electrons. The lowest BCUT2D eigenvalue weighted by molar-refractivity contribution is -0.154. The van der Waals surface area contributed by atoms with Crippen LogP contribution in [-0.4, -0.2) is 53.5 Å². The zero-order valence-corrected chi connectivity index (χ0v) is 11.7. The number of carbonyl (C=O) groups excluding carboxylic acids is 1. The van der Waals surface area contributed by atoms with Crippen LogP contribution in [0.3, 0.4) is 0 Å². The van der Waals surface area contributed by atoms with E-state index in [0.717, 1.165) is 12.3 Å². The van der Waals surface area contributed by atoms with E-state index in [0.29, 0.717) is 0 Å². The Bertz CT molecular complexity index is 582. The zero-order valence-electron chi connectivity index (χ0n) is 11.7. The summed E-state index contributed by atoms with van der Waals surface area (Å²) in [5, 5.41) is 11.6. The Morgan fingerprint density at radius 1 is 1.43 bits per heavy atom. The van der Waals surface area contributed by atoms with Gasteiger partial charge in [-0.1, -0.05) is 0 Å². The van der Waals surface area contributed by atoms with E-state index in [-0.39, 0.29) is 31.1 Å². The van der Waals surface area contributed by atoms with Crippen LogP contribution in [0.15, 0.2) is 18.3 Å². The van der Waals surface area contributed by atoms with Gasteiger partial charge in [-0.15, -0.1) is 0 Å². The van der Waals surface area contributed by atoms with E-state index in [1.165, 1.54) is 6.07 Å². The van der Waals surface area contributed by atoms with Gasteiger partial charge in [0.2, 0.25) is 5.88 Å². The smallest absolute Gasteiger partial charge is 0.422 e. The third-order valence-corrected chi connectivity index (χ3v) is 3.17. The Balaban J connectivity index is 2.01. The number of nitrogens with zero attached hydrogens (tertiary/aromatic N) is 1. The molecule has 7 nitrogen and oxygen atoms in total. The summed E-state index contributed by atoms with van der Waals surface area (Å²) in [5.74, 6) is -2.23. The zero-order chi connectivity index (χ0) is 17.1. The van der Waals surface area contributed by atoms with Crippen molar-refractivity contribution >= 4 is 11.9 Å². The summed E-state index contributed by atoms with van der Waals surface area (Å²) in [6.45, 7) is -1.45. The SMILES string of the molecule is O=C(NC1(C(=O)O)CCOC1)c1ccc(OCC(F)(F)F)nc1. The first-order valence-electron chi connectivity index (χ1n) is 6.51. The summed E-state index contributed by atoms with van der Waals surface area (Å²) in [7, 11) is 0. The van der Waals surface area contributed by atoms with Gasteiger partial charge in [-0.2, -0.15) is 13.2 Å². The Morgan fingerprint density at radius 2 is 2.17 bits per heavy atom. The van der Waals surface area contributed by atoms with Crippen LogP contribution >= 0.6 is 0 Å². The van der Waals surface area contributed by atoms with Crippen LogP contribution in [0.5, 0.6) is 5.88 Å². The summed E-state index contributed by atoms with van der Waals surface area (Å²) in [6.07, 6.45) is -3.37. The molecule has 0 spiro atoms. The molecule has 0 bridgehead atoms. The molecular formula is C13H13F3N2O5. The molecule has 10 heteroatoms. The fourth-order valence-corrected chi connectivity index (χ4v) is 1.93. The predicted octanol–water partition coefficient (Wildman–Crippen LogP) is 0.996. The molecule has 1 aliphatic heterocycles. The third-order valence-electron chi connectivity index (χ3n) is 3.17. The Kier molecular flexibility index (Phi) is 4.73. The van der Waals surface area contributed by atoms with Crippen LogP contribution in [-0.2, 0) is 9.53 Å². The van der Waals surface area contributed by atoms with E-state index in [1.54, 1.807) is 0 Å². The minimum atomic E-state index is -4.49. The van der Waals surface area contributed by atoms with Gasteiger partial charge in [0, 0.05) is 25.3 Å². The maximum Gasteiger partial charge on any atom is 0.422 e. The number of aromatic nitrogens is 1. The van der Waals surface area contributed by atoms with E-state index >= 15 is 0 Å². The number of amides is 1. The average molecular weight is 334 g/mol. The molecule has 1 saturated heterocycles. The number of halogens is 3. The van der Waals surface area contributed by atoms with Gasteiger partial charge in [0.1, 0.15) is 0 Å². The highest BCUT2D eigenvalue weighted by atomic mass is 19.4. The first-order valence-corrected chi connectivity index (χ1v) is 6.51. The Morgan fingerprint density at radius 3 is 2.65 bits per heavy atom. The van der Waals surface area contributed by atoms with Crippen LogP contribution in [0.1, 0.15) is 16.8 Å². The van der Waals surface area contributed by atoms with Crippen LogP contribution in [0.4, 0.5) is 13.2 Å². The van der Waals surface area contributed by atoms with Gasteiger partial charge >= 0.3 is 12.1 Å². The number of alkyl halides is 3. The molecule has 1 fully saturated rings. The van der Waals surface area contributed by atoms with Crippen molar-refractivity contribution in [3.8, 4) is 5.88 Å². The first kappa shape index (κ1) is 17.0. The second-order valence-electron chi connectivity index (χ2n) is 4.93. The molecule has 23 heavy (non-hydrogen) atoms. The number of rotatable bonds is 5. The second kappa shape index (κ2) is 6.41. The molecule has 0 aliphatic carbocycles. The monoisotopic (exact) mass is 334 g/mol. The third kappa shape index (κ3) is 4.31. The lowest BCUT2D eigenvalue weighted by Crippen LogP contribution is -2.55. The standard InChI is InChI=1S/C13H13F3N2O5/c14-13(15,16)7-23-9-2-1-8(5-17-9)10(19)18-12(11(20)21)3-4-22-6-12/h1-2,5H,3-4,6-7H2,(H,18,19)(H,20,21). The lowest BCUT2D eigenvalue weighted by Gasteiger charge is -2.23. The minimum Gasteiger partial charge on any atom is -0.479 e. The minimum absolute atomic E-state index is 0.00289. The highest BCUT2D eigenvalue weighted by Gasteiger charge is 2.44. The van der Waals surface area contributed by atoms with Crippen LogP contribution in [0, 0.1) is 0 Å². The molecule has 1 unspecified atom stereocenters. The average Bonchev–Trinajstić information content (AvgIpc) is 2.95. The molecular weight excluding hydrogens is 321 g/mol. The molecule has 0 radical (unpaired) electrons. The molecule has 2 N–H and O–H groups in total. The number of nitrogens with one attached hydrogen (secondary N) is 1.